The van der Waals surface area contributed by atoms with E-state index >= 15 is 0 Å². The summed E-state index contributed by atoms with van der Waals surface area (Å²) < 4.78 is 0.922. The number of thiazole rings is 1. The van der Waals surface area contributed by atoms with Crippen molar-refractivity contribution in [3.8, 4) is 11.3 Å². The molecule has 0 unspecified atom stereocenters. The van der Waals surface area contributed by atoms with Crippen molar-refractivity contribution in [2.75, 3.05) is 30.7 Å². The van der Waals surface area contributed by atoms with Gasteiger partial charge in [0.1, 0.15) is 0 Å². The summed E-state index contributed by atoms with van der Waals surface area (Å²) in [6, 6.07) is 14.5. The van der Waals surface area contributed by atoms with Crippen LogP contribution in [-0.4, -0.2) is 47.2 Å². The highest BCUT2D eigenvalue weighted by Gasteiger charge is 2.21. The van der Waals surface area contributed by atoms with Crippen molar-refractivity contribution in [3.05, 3.63) is 63.5 Å². The van der Waals surface area contributed by atoms with Crippen LogP contribution in [0.25, 0.3) is 11.3 Å². The molecular weight excluding hydrogens is 567 g/mol. The Hall–Kier alpha value is -1.77. The molecule has 4 rings (SSSR count). The minimum atomic E-state index is 0.0739. The molecule has 1 aliphatic heterocycles. The Morgan fingerprint density at radius 2 is 1.90 bits per heavy atom. The standard InChI is InChI=1S/C30H38Cl2N4OS2/c1-2-3-4-5-6-14-33-25-9-7-8-23(18-25)28-20-38-30(35-28)39-21-29(37)34-24-12-15-36(16-13-24)19-22-10-11-26(31)27(32)17-22/h7-11,17-18,20,24,33H,2-6,12-16,19,21H2,1H3,(H,34,37). The van der Waals surface area contributed by atoms with Gasteiger partial charge in [0.15, 0.2) is 4.34 Å². The number of nitrogens with one attached hydrogen (secondary N) is 2. The number of rotatable bonds is 14. The van der Waals surface area contributed by atoms with Crippen molar-refractivity contribution in [1.29, 1.82) is 0 Å². The molecule has 1 amide bonds. The number of thioether (sulfide) groups is 1. The lowest BCUT2D eigenvalue weighted by Crippen LogP contribution is -2.44. The number of hydrogen-bond acceptors (Lipinski definition) is 6. The van der Waals surface area contributed by atoms with Crippen LogP contribution in [0.1, 0.15) is 57.4 Å². The van der Waals surface area contributed by atoms with Crippen LogP contribution in [0, 0.1) is 0 Å². The third-order valence-electron chi connectivity index (χ3n) is 6.92. The van der Waals surface area contributed by atoms with E-state index in [1.54, 1.807) is 11.3 Å². The molecule has 2 aromatic carbocycles. The first-order valence-electron chi connectivity index (χ1n) is 13.9. The van der Waals surface area contributed by atoms with Crippen LogP contribution in [0.3, 0.4) is 0 Å². The number of aromatic nitrogens is 1. The predicted octanol–water partition coefficient (Wildman–Crippen LogP) is 8.37. The summed E-state index contributed by atoms with van der Waals surface area (Å²) in [4.78, 5) is 19.8. The maximum atomic E-state index is 12.6. The lowest BCUT2D eigenvalue weighted by molar-refractivity contribution is -0.119. The highest BCUT2D eigenvalue weighted by atomic mass is 35.5. The largest absolute Gasteiger partial charge is 0.385 e. The third kappa shape index (κ3) is 9.98. The van der Waals surface area contributed by atoms with Gasteiger partial charge in [0, 0.05) is 48.9 Å². The Morgan fingerprint density at radius 1 is 1.08 bits per heavy atom. The molecule has 2 heterocycles. The number of carbonyl (C=O) groups is 1. The van der Waals surface area contributed by atoms with E-state index in [1.165, 1.54) is 43.9 Å². The normalized spacial score (nSPS) is 14.4. The first-order chi connectivity index (χ1) is 19.0. The van der Waals surface area contributed by atoms with E-state index in [4.69, 9.17) is 28.2 Å². The lowest BCUT2D eigenvalue weighted by atomic mass is 10.0. The molecule has 3 aromatic rings. The molecule has 5 nitrogen and oxygen atoms in total. The summed E-state index contributed by atoms with van der Waals surface area (Å²) in [5.41, 5.74) is 4.36. The van der Waals surface area contributed by atoms with E-state index in [-0.39, 0.29) is 11.9 Å². The summed E-state index contributed by atoms with van der Waals surface area (Å²) >= 11 is 15.3. The molecular formula is C30H38Cl2N4OS2. The summed E-state index contributed by atoms with van der Waals surface area (Å²) in [6.45, 7) is 5.98. The molecule has 0 spiro atoms. The number of hydrogen-bond donors (Lipinski definition) is 2. The van der Waals surface area contributed by atoms with Gasteiger partial charge >= 0.3 is 0 Å². The zero-order valence-electron chi connectivity index (χ0n) is 22.6. The fourth-order valence-electron chi connectivity index (χ4n) is 4.73. The lowest BCUT2D eigenvalue weighted by Gasteiger charge is -2.32. The highest BCUT2D eigenvalue weighted by molar-refractivity contribution is 8.01. The number of anilines is 1. The molecule has 1 aromatic heterocycles. The molecule has 1 fully saturated rings. The number of carbonyl (C=O) groups excluding carboxylic acids is 1. The highest BCUT2D eigenvalue weighted by Crippen LogP contribution is 2.30. The van der Waals surface area contributed by atoms with Gasteiger partial charge in [-0.1, -0.05) is 85.8 Å². The van der Waals surface area contributed by atoms with Crippen LogP contribution in [0.15, 0.2) is 52.2 Å². The summed E-state index contributed by atoms with van der Waals surface area (Å²) in [7, 11) is 0. The minimum Gasteiger partial charge on any atom is -0.385 e. The number of unbranched alkanes of at least 4 members (excludes halogenated alkanes) is 4. The zero-order valence-corrected chi connectivity index (χ0v) is 25.7. The predicted molar refractivity (Wildman–Crippen MR) is 168 cm³/mol. The number of benzene rings is 2. The van der Waals surface area contributed by atoms with Gasteiger partial charge in [0.05, 0.1) is 21.5 Å². The van der Waals surface area contributed by atoms with Gasteiger partial charge in [-0.15, -0.1) is 11.3 Å². The van der Waals surface area contributed by atoms with E-state index in [9.17, 15) is 4.79 Å². The molecule has 39 heavy (non-hydrogen) atoms. The first-order valence-corrected chi connectivity index (χ1v) is 16.5. The van der Waals surface area contributed by atoms with Gasteiger partial charge in [-0.05, 0) is 49.1 Å². The van der Waals surface area contributed by atoms with Crippen molar-refractivity contribution < 1.29 is 4.79 Å². The Labute approximate surface area is 251 Å². The minimum absolute atomic E-state index is 0.0739. The first kappa shape index (κ1) is 30.2. The van der Waals surface area contributed by atoms with Gasteiger partial charge in [-0.25, -0.2) is 4.98 Å². The number of nitrogens with zero attached hydrogens (tertiary/aromatic N) is 2. The number of amides is 1. The van der Waals surface area contributed by atoms with Crippen LogP contribution >= 0.6 is 46.3 Å². The monoisotopic (exact) mass is 604 g/mol. The van der Waals surface area contributed by atoms with E-state index in [0.29, 0.717) is 15.8 Å². The maximum absolute atomic E-state index is 12.6. The van der Waals surface area contributed by atoms with Crippen LogP contribution in [0.4, 0.5) is 5.69 Å². The second-order valence-electron chi connectivity index (χ2n) is 10.1. The van der Waals surface area contributed by atoms with Gasteiger partial charge in [0.2, 0.25) is 5.91 Å². The third-order valence-corrected chi connectivity index (χ3v) is 9.68. The van der Waals surface area contributed by atoms with Gasteiger partial charge < -0.3 is 10.6 Å². The van der Waals surface area contributed by atoms with Crippen molar-refractivity contribution in [2.45, 2.75) is 68.8 Å². The van der Waals surface area contributed by atoms with E-state index < -0.39 is 0 Å². The molecule has 0 bridgehead atoms. The smallest absolute Gasteiger partial charge is 0.230 e. The van der Waals surface area contributed by atoms with Crippen molar-refractivity contribution in [3.63, 3.8) is 0 Å². The number of likely N-dealkylation sites (tertiary alicyclic amines) is 1. The zero-order chi connectivity index (χ0) is 27.5. The topological polar surface area (TPSA) is 57.3 Å². The Morgan fingerprint density at radius 3 is 2.69 bits per heavy atom. The molecule has 2 N–H and O–H groups in total. The van der Waals surface area contributed by atoms with Crippen LogP contribution < -0.4 is 10.6 Å². The van der Waals surface area contributed by atoms with Crippen LogP contribution in [-0.2, 0) is 11.3 Å². The van der Waals surface area contributed by atoms with E-state index in [2.05, 4.69) is 52.1 Å². The van der Waals surface area contributed by atoms with Crippen molar-refractivity contribution in [2.24, 2.45) is 0 Å². The SMILES string of the molecule is CCCCCCCNc1cccc(-c2csc(SCC(=O)NC3CCN(Cc4ccc(Cl)c(Cl)c4)CC3)n2)c1. The van der Waals surface area contributed by atoms with E-state index in [0.717, 1.165) is 65.9 Å². The van der Waals surface area contributed by atoms with Gasteiger partial charge in [-0.3, -0.25) is 9.69 Å². The van der Waals surface area contributed by atoms with E-state index in [1.807, 2.05) is 18.2 Å². The average Bonchev–Trinajstić information content (AvgIpc) is 3.42. The van der Waals surface area contributed by atoms with Gasteiger partial charge in [-0.2, -0.15) is 0 Å². The van der Waals surface area contributed by atoms with Crippen LogP contribution in [0.5, 0.6) is 0 Å². The number of halogens is 2. The molecule has 0 radical (unpaired) electrons. The molecule has 210 valence electrons. The quantitative estimate of drug-likeness (QED) is 0.143. The summed E-state index contributed by atoms with van der Waals surface area (Å²) in [6.07, 6.45) is 8.28. The average molecular weight is 606 g/mol. The Bertz CT molecular complexity index is 1200. The van der Waals surface area contributed by atoms with Crippen molar-refractivity contribution in [1.82, 2.24) is 15.2 Å². The molecule has 0 saturated carbocycles. The van der Waals surface area contributed by atoms with Crippen molar-refractivity contribution >= 4 is 57.9 Å². The molecule has 0 aliphatic carbocycles. The number of piperidine rings is 1. The second kappa shape index (κ2) is 15.9. The summed E-state index contributed by atoms with van der Waals surface area (Å²) in [5, 5.41) is 10.0. The van der Waals surface area contributed by atoms with Gasteiger partial charge in [0.25, 0.3) is 0 Å². The molecule has 9 heteroatoms. The molecule has 0 atom stereocenters. The fourth-order valence-corrected chi connectivity index (χ4v) is 6.70. The maximum Gasteiger partial charge on any atom is 0.230 e. The Balaban J connectivity index is 1.16. The summed E-state index contributed by atoms with van der Waals surface area (Å²) in [5.74, 6) is 0.459. The molecule has 1 aliphatic rings. The fraction of sp³-hybridized carbons (Fsp3) is 0.467. The second-order valence-corrected chi connectivity index (χ2v) is 13.0. The molecule has 1 saturated heterocycles. The van der Waals surface area contributed by atoms with Crippen LogP contribution in [0.2, 0.25) is 10.0 Å². The Kier molecular flexibility index (Phi) is 12.3.